The summed E-state index contributed by atoms with van der Waals surface area (Å²) in [5.74, 6) is 1.39. The molecule has 1 amide bonds. The molecule has 0 radical (unpaired) electrons. The van der Waals surface area contributed by atoms with Crippen molar-refractivity contribution in [1.82, 2.24) is 15.0 Å². The third-order valence-electron chi connectivity index (χ3n) is 4.59. The highest BCUT2D eigenvalue weighted by Gasteiger charge is 2.28. The van der Waals surface area contributed by atoms with Gasteiger partial charge in [0.2, 0.25) is 5.91 Å². The summed E-state index contributed by atoms with van der Waals surface area (Å²) >= 11 is 0. The van der Waals surface area contributed by atoms with Crippen LogP contribution in [-0.2, 0) is 11.2 Å². The number of oxazole rings is 1. The zero-order chi connectivity index (χ0) is 17.2. The van der Waals surface area contributed by atoms with E-state index in [0.29, 0.717) is 31.0 Å². The number of aromatic nitrogens is 2. The van der Waals surface area contributed by atoms with E-state index in [1.807, 2.05) is 29.2 Å². The van der Waals surface area contributed by atoms with Crippen LogP contribution in [0.4, 0.5) is 0 Å². The predicted octanol–water partition coefficient (Wildman–Crippen LogP) is 2.45. The fourth-order valence-corrected chi connectivity index (χ4v) is 3.30. The van der Waals surface area contributed by atoms with Crippen LogP contribution in [0, 0.1) is 0 Å². The molecule has 1 aliphatic rings. The molecule has 0 bridgehead atoms. The molecule has 3 heterocycles. The lowest BCUT2D eigenvalue weighted by molar-refractivity contribution is -0.132. The lowest BCUT2D eigenvalue weighted by Crippen LogP contribution is -2.39. The summed E-state index contributed by atoms with van der Waals surface area (Å²) in [5.41, 5.74) is 1.35. The first kappa shape index (κ1) is 15.7. The minimum absolute atomic E-state index is 0.0599. The molecule has 2 aromatic heterocycles. The Labute approximate surface area is 143 Å². The molecule has 1 N–H and O–H groups in total. The van der Waals surface area contributed by atoms with E-state index in [1.165, 1.54) is 6.07 Å². The molecule has 7 heteroatoms. The third-order valence-corrected chi connectivity index (χ3v) is 4.59. The molecule has 1 aromatic carbocycles. The van der Waals surface area contributed by atoms with Crippen molar-refractivity contribution in [3.8, 4) is 0 Å². The van der Waals surface area contributed by atoms with E-state index in [0.717, 1.165) is 30.5 Å². The van der Waals surface area contributed by atoms with Gasteiger partial charge in [0.25, 0.3) is 5.56 Å². The summed E-state index contributed by atoms with van der Waals surface area (Å²) in [5, 5.41) is 2.24. The van der Waals surface area contributed by atoms with Crippen molar-refractivity contribution in [2.45, 2.75) is 31.6 Å². The van der Waals surface area contributed by atoms with Gasteiger partial charge in [-0.25, -0.2) is 4.98 Å². The average Bonchev–Trinajstić information content (AvgIpc) is 3.25. The molecule has 7 nitrogen and oxygen atoms in total. The van der Waals surface area contributed by atoms with E-state index in [4.69, 9.17) is 8.94 Å². The Bertz CT molecular complexity index is 906. The number of hydrogen-bond donors (Lipinski definition) is 1. The molecule has 4 rings (SSSR count). The topological polar surface area (TPSA) is 92.3 Å². The summed E-state index contributed by atoms with van der Waals surface area (Å²) < 4.78 is 10.9. The van der Waals surface area contributed by atoms with Gasteiger partial charge in [0, 0.05) is 32.0 Å². The first-order valence-corrected chi connectivity index (χ1v) is 8.49. The van der Waals surface area contributed by atoms with Gasteiger partial charge in [-0.05, 0) is 25.0 Å². The number of hydrogen-bond acceptors (Lipinski definition) is 5. The number of benzene rings is 1. The number of nitrogens with zero attached hydrogens (tertiary/aromatic N) is 2. The highest BCUT2D eigenvalue weighted by Crippen LogP contribution is 2.29. The van der Waals surface area contributed by atoms with E-state index >= 15 is 0 Å². The Balaban J connectivity index is 1.41. The fraction of sp³-hybridized carbons (Fsp3) is 0.389. The van der Waals surface area contributed by atoms with E-state index in [1.54, 1.807) is 0 Å². The van der Waals surface area contributed by atoms with Gasteiger partial charge in [0.05, 0.1) is 5.92 Å². The molecule has 1 saturated heterocycles. The normalized spacial score (nSPS) is 17.9. The van der Waals surface area contributed by atoms with Gasteiger partial charge in [-0.15, -0.1) is 0 Å². The minimum Gasteiger partial charge on any atom is -0.440 e. The van der Waals surface area contributed by atoms with Crippen molar-refractivity contribution >= 4 is 17.0 Å². The van der Waals surface area contributed by atoms with Gasteiger partial charge >= 0.3 is 0 Å². The smallest absolute Gasteiger partial charge is 0.280 e. The highest BCUT2D eigenvalue weighted by atomic mass is 16.5. The van der Waals surface area contributed by atoms with E-state index in [-0.39, 0.29) is 17.4 Å². The first-order chi connectivity index (χ1) is 12.2. The molecule has 0 spiro atoms. The van der Waals surface area contributed by atoms with Crippen molar-refractivity contribution < 1.29 is 13.7 Å². The number of piperidine rings is 1. The number of fused-ring (bicyclic) bond motifs is 1. The van der Waals surface area contributed by atoms with Gasteiger partial charge in [-0.2, -0.15) is 5.16 Å². The molecule has 3 aromatic rings. The molecule has 130 valence electrons. The number of para-hydroxylation sites is 2. The molecule has 0 unspecified atom stereocenters. The van der Waals surface area contributed by atoms with Crippen LogP contribution < -0.4 is 5.56 Å². The molecule has 1 atom stereocenters. The maximum absolute atomic E-state index is 12.5. The fourth-order valence-electron chi connectivity index (χ4n) is 3.30. The van der Waals surface area contributed by atoms with Crippen molar-refractivity contribution in [2.75, 3.05) is 13.1 Å². The Morgan fingerprint density at radius 1 is 1.36 bits per heavy atom. The van der Waals surface area contributed by atoms with Crippen molar-refractivity contribution in [3.63, 3.8) is 0 Å². The van der Waals surface area contributed by atoms with E-state index in [2.05, 4.69) is 10.1 Å². The summed E-state index contributed by atoms with van der Waals surface area (Å²) in [6, 6.07) is 9.07. The number of aryl methyl sites for hydroxylation is 1. The quantitative estimate of drug-likeness (QED) is 0.787. The molecule has 0 aliphatic carbocycles. The monoisotopic (exact) mass is 341 g/mol. The van der Waals surface area contributed by atoms with Crippen molar-refractivity contribution in [2.24, 2.45) is 0 Å². The zero-order valence-corrected chi connectivity index (χ0v) is 13.7. The SMILES string of the molecule is O=C(CCc1cc(=O)[nH]o1)N1CCC[C@H](c2nc3ccccc3o2)C1. The third kappa shape index (κ3) is 3.35. The number of nitrogens with one attached hydrogen (secondary N) is 1. The molecular formula is C18H19N3O4. The van der Waals surface area contributed by atoms with Crippen molar-refractivity contribution in [3.05, 3.63) is 52.3 Å². The summed E-state index contributed by atoms with van der Waals surface area (Å²) in [6.45, 7) is 1.36. The van der Waals surface area contributed by atoms with Crippen LogP contribution >= 0.6 is 0 Å². The lowest BCUT2D eigenvalue weighted by atomic mass is 9.97. The average molecular weight is 341 g/mol. The number of aromatic amines is 1. The summed E-state index contributed by atoms with van der Waals surface area (Å²) in [4.78, 5) is 29.9. The molecular weight excluding hydrogens is 322 g/mol. The Hall–Kier alpha value is -2.83. The summed E-state index contributed by atoms with van der Waals surface area (Å²) in [7, 11) is 0. The van der Waals surface area contributed by atoms with Crippen LogP contribution in [0.25, 0.3) is 11.1 Å². The second-order valence-electron chi connectivity index (χ2n) is 6.38. The maximum Gasteiger partial charge on any atom is 0.280 e. The number of amides is 1. The van der Waals surface area contributed by atoms with Crippen LogP contribution in [0.3, 0.4) is 0 Å². The van der Waals surface area contributed by atoms with Crippen LogP contribution in [0.1, 0.15) is 36.8 Å². The Morgan fingerprint density at radius 2 is 2.24 bits per heavy atom. The number of likely N-dealkylation sites (tertiary alicyclic amines) is 1. The van der Waals surface area contributed by atoms with Gasteiger partial charge in [-0.3, -0.25) is 9.59 Å². The summed E-state index contributed by atoms with van der Waals surface area (Å²) in [6.07, 6.45) is 2.63. The maximum atomic E-state index is 12.5. The zero-order valence-electron chi connectivity index (χ0n) is 13.7. The standard InChI is InChI=1S/C18H19N3O4/c22-16-10-13(25-20-16)7-8-17(23)21-9-3-4-12(11-21)18-19-14-5-1-2-6-15(14)24-18/h1-2,5-6,10,12H,3-4,7-9,11H2,(H,20,22)/t12-/m0/s1. The number of H-pyrrole nitrogens is 1. The number of rotatable bonds is 4. The van der Waals surface area contributed by atoms with E-state index in [9.17, 15) is 9.59 Å². The lowest BCUT2D eigenvalue weighted by Gasteiger charge is -2.31. The second-order valence-corrected chi connectivity index (χ2v) is 6.38. The van der Waals surface area contributed by atoms with Gasteiger partial charge in [0.1, 0.15) is 11.3 Å². The van der Waals surface area contributed by atoms with Crippen LogP contribution in [0.15, 0.2) is 44.1 Å². The minimum atomic E-state index is -0.281. The Morgan fingerprint density at radius 3 is 3.04 bits per heavy atom. The second kappa shape index (κ2) is 6.58. The molecule has 25 heavy (non-hydrogen) atoms. The van der Waals surface area contributed by atoms with Gasteiger partial charge in [0.15, 0.2) is 11.5 Å². The number of carbonyl (C=O) groups is 1. The largest absolute Gasteiger partial charge is 0.440 e. The highest BCUT2D eigenvalue weighted by molar-refractivity contribution is 5.76. The van der Waals surface area contributed by atoms with Crippen LogP contribution in [0.5, 0.6) is 0 Å². The molecule has 1 fully saturated rings. The Kier molecular flexibility index (Phi) is 4.13. The van der Waals surface area contributed by atoms with Crippen LogP contribution in [-0.4, -0.2) is 34.0 Å². The number of carbonyl (C=O) groups excluding carboxylic acids is 1. The molecule has 1 aliphatic heterocycles. The predicted molar refractivity (Wildman–Crippen MR) is 90.2 cm³/mol. The van der Waals surface area contributed by atoms with E-state index < -0.39 is 0 Å². The van der Waals surface area contributed by atoms with Gasteiger partial charge < -0.3 is 13.8 Å². The van der Waals surface area contributed by atoms with Gasteiger partial charge in [-0.1, -0.05) is 12.1 Å². The van der Waals surface area contributed by atoms with Crippen molar-refractivity contribution in [1.29, 1.82) is 0 Å². The first-order valence-electron chi connectivity index (χ1n) is 8.49. The van der Waals surface area contributed by atoms with Crippen LogP contribution in [0.2, 0.25) is 0 Å². The molecule has 0 saturated carbocycles.